The van der Waals surface area contributed by atoms with Crippen molar-refractivity contribution in [1.82, 2.24) is 4.98 Å². The van der Waals surface area contributed by atoms with Crippen LogP contribution in [-0.2, 0) is 0 Å². The zero-order valence-corrected chi connectivity index (χ0v) is 17.3. The van der Waals surface area contributed by atoms with Crippen molar-refractivity contribution in [3.63, 3.8) is 0 Å². The van der Waals surface area contributed by atoms with E-state index in [9.17, 15) is 4.79 Å². The number of aromatic nitrogens is 1. The van der Waals surface area contributed by atoms with E-state index >= 15 is 0 Å². The molecule has 0 spiro atoms. The van der Waals surface area contributed by atoms with Crippen LogP contribution in [-0.4, -0.2) is 38.2 Å². The van der Waals surface area contributed by atoms with Gasteiger partial charge in [0.1, 0.15) is 11.5 Å². The van der Waals surface area contributed by atoms with Gasteiger partial charge < -0.3 is 19.7 Å². The number of nitrogens with one attached hydrogen (secondary N) is 1. The van der Waals surface area contributed by atoms with Gasteiger partial charge in [-0.25, -0.2) is 4.98 Å². The number of carbonyl (C=O) groups excluding carboxylic acids is 1. The van der Waals surface area contributed by atoms with Crippen molar-refractivity contribution in [2.75, 3.05) is 37.5 Å². The molecule has 2 aromatic carbocycles. The molecule has 1 aliphatic heterocycles. The first kappa shape index (κ1) is 19.3. The molecule has 1 N–H and O–H groups in total. The van der Waals surface area contributed by atoms with E-state index in [4.69, 9.17) is 14.5 Å². The Morgan fingerprint density at radius 2 is 1.93 bits per heavy atom. The molecule has 3 aromatic rings. The Bertz CT molecular complexity index is 1010. The number of hydrogen-bond donors (Lipinski definition) is 1. The lowest BCUT2D eigenvalue weighted by Crippen LogP contribution is -2.17. The van der Waals surface area contributed by atoms with Crippen LogP contribution in [0.1, 0.15) is 23.2 Å². The Labute approximate surface area is 174 Å². The van der Waals surface area contributed by atoms with Crippen molar-refractivity contribution in [3.8, 4) is 22.8 Å². The molecule has 1 aromatic heterocycles. The minimum atomic E-state index is -0.238. The lowest BCUT2D eigenvalue weighted by atomic mass is 10.1. The minimum absolute atomic E-state index is 0.238. The summed E-state index contributed by atoms with van der Waals surface area (Å²) in [5.41, 5.74) is 3.06. The fourth-order valence-corrected chi connectivity index (χ4v) is 4.28. The van der Waals surface area contributed by atoms with Crippen LogP contribution in [0.2, 0.25) is 0 Å². The number of ether oxygens (including phenoxy) is 2. The highest BCUT2D eigenvalue weighted by Gasteiger charge is 2.17. The average molecular weight is 410 g/mol. The second-order valence-electron chi connectivity index (χ2n) is 6.81. The molecule has 0 saturated carbocycles. The van der Waals surface area contributed by atoms with Gasteiger partial charge in [0, 0.05) is 35.8 Å². The highest BCUT2D eigenvalue weighted by Crippen LogP contribution is 2.31. The van der Waals surface area contributed by atoms with Crippen LogP contribution in [0.5, 0.6) is 11.5 Å². The summed E-state index contributed by atoms with van der Waals surface area (Å²) in [5.74, 6) is 0.864. The predicted molar refractivity (Wildman–Crippen MR) is 116 cm³/mol. The first-order valence-electron chi connectivity index (χ1n) is 9.52. The normalized spacial score (nSPS) is 13.4. The molecule has 29 heavy (non-hydrogen) atoms. The van der Waals surface area contributed by atoms with Gasteiger partial charge in [-0.05, 0) is 37.1 Å². The summed E-state index contributed by atoms with van der Waals surface area (Å²) in [6.07, 6.45) is 2.45. The van der Waals surface area contributed by atoms with Crippen LogP contribution < -0.4 is 19.7 Å². The molecule has 6 nitrogen and oxygen atoms in total. The number of methoxy groups -OCH3 is 2. The van der Waals surface area contributed by atoms with E-state index in [0.29, 0.717) is 22.7 Å². The number of rotatable bonds is 6. The summed E-state index contributed by atoms with van der Waals surface area (Å²) in [5, 5.41) is 6.08. The summed E-state index contributed by atoms with van der Waals surface area (Å²) >= 11 is 1.67. The van der Waals surface area contributed by atoms with Gasteiger partial charge in [-0.15, -0.1) is 11.3 Å². The quantitative estimate of drug-likeness (QED) is 0.640. The van der Waals surface area contributed by atoms with Crippen molar-refractivity contribution >= 4 is 28.1 Å². The number of thiazole rings is 1. The van der Waals surface area contributed by atoms with Crippen molar-refractivity contribution in [2.45, 2.75) is 12.8 Å². The van der Waals surface area contributed by atoms with Crippen LogP contribution in [0.15, 0.2) is 47.8 Å². The van der Waals surface area contributed by atoms with Crippen LogP contribution in [0, 0.1) is 0 Å². The maximum atomic E-state index is 12.8. The van der Waals surface area contributed by atoms with Gasteiger partial charge in [0.15, 0.2) is 5.13 Å². The molecule has 7 heteroatoms. The highest BCUT2D eigenvalue weighted by molar-refractivity contribution is 7.14. The average Bonchev–Trinajstić information content (AvgIpc) is 3.45. The van der Waals surface area contributed by atoms with E-state index in [-0.39, 0.29) is 5.91 Å². The number of nitrogens with zero attached hydrogens (tertiary/aromatic N) is 2. The summed E-state index contributed by atoms with van der Waals surface area (Å²) in [7, 11) is 3.11. The van der Waals surface area contributed by atoms with Gasteiger partial charge in [-0.3, -0.25) is 4.79 Å². The third-order valence-electron chi connectivity index (χ3n) is 4.94. The molecule has 2 heterocycles. The maximum absolute atomic E-state index is 12.8. The number of hydrogen-bond acceptors (Lipinski definition) is 6. The highest BCUT2D eigenvalue weighted by atomic mass is 32.1. The second-order valence-corrected chi connectivity index (χ2v) is 7.65. The Balaban J connectivity index is 1.53. The Kier molecular flexibility index (Phi) is 5.67. The smallest absolute Gasteiger partial charge is 0.259 e. The summed E-state index contributed by atoms with van der Waals surface area (Å²) in [6.45, 7) is 2.15. The van der Waals surface area contributed by atoms with Crippen LogP contribution in [0.4, 0.5) is 10.8 Å². The molecule has 0 radical (unpaired) electrons. The van der Waals surface area contributed by atoms with E-state index in [2.05, 4.69) is 15.6 Å². The van der Waals surface area contributed by atoms with E-state index in [1.54, 1.807) is 36.6 Å². The molecule has 0 bridgehead atoms. The fraction of sp³-hybridized carbons (Fsp3) is 0.273. The monoisotopic (exact) mass is 409 g/mol. The zero-order chi connectivity index (χ0) is 20.2. The Morgan fingerprint density at radius 1 is 1.10 bits per heavy atom. The van der Waals surface area contributed by atoms with Crippen LogP contribution in [0.25, 0.3) is 11.3 Å². The number of benzene rings is 2. The van der Waals surface area contributed by atoms with Crippen molar-refractivity contribution in [1.29, 1.82) is 0 Å². The largest absolute Gasteiger partial charge is 0.497 e. The molecule has 1 saturated heterocycles. The first-order chi connectivity index (χ1) is 14.2. The van der Waals surface area contributed by atoms with Crippen LogP contribution >= 0.6 is 11.3 Å². The molecular weight excluding hydrogens is 386 g/mol. The summed E-state index contributed by atoms with van der Waals surface area (Å²) < 4.78 is 10.5. The molecule has 0 atom stereocenters. The fourth-order valence-electron chi connectivity index (χ4n) is 3.39. The standard InChI is InChI=1S/C22H23N3O3S/c1-27-17-8-9-18(20(13-17)28-2)21(26)23-16-7-5-6-15(12-16)19-14-29-22(24-19)25-10-3-4-11-25/h5-9,12-14H,3-4,10-11H2,1-2H3,(H,23,26). The lowest BCUT2D eigenvalue weighted by molar-refractivity contribution is 0.102. The van der Waals surface area contributed by atoms with Gasteiger partial charge in [-0.2, -0.15) is 0 Å². The third-order valence-corrected chi connectivity index (χ3v) is 5.84. The summed E-state index contributed by atoms with van der Waals surface area (Å²) in [6, 6.07) is 12.9. The van der Waals surface area contributed by atoms with Gasteiger partial charge in [0.05, 0.1) is 25.5 Å². The van der Waals surface area contributed by atoms with Gasteiger partial charge in [0.2, 0.25) is 0 Å². The van der Waals surface area contributed by atoms with Crippen LogP contribution in [0.3, 0.4) is 0 Å². The molecule has 4 rings (SSSR count). The van der Waals surface area contributed by atoms with Gasteiger partial charge >= 0.3 is 0 Å². The molecule has 1 aliphatic rings. The minimum Gasteiger partial charge on any atom is -0.497 e. The number of anilines is 2. The van der Waals surface area contributed by atoms with Crippen molar-refractivity contribution in [2.24, 2.45) is 0 Å². The Morgan fingerprint density at radius 3 is 2.69 bits per heavy atom. The third kappa shape index (κ3) is 4.19. The number of amides is 1. The predicted octanol–water partition coefficient (Wildman–Crippen LogP) is 4.68. The van der Waals surface area contributed by atoms with Crippen molar-refractivity contribution in [3.05, 3.63) is 53.4 Å². The lowest BCUT2D eigenvalue weighted by Gasteiger charge is -2.12. The van der Waals surface area contributed by atoms with Gasteiger partial charge in [-0.1, -0.05) is 12.1 Å². The molecule has 0 aliphatic carbocycles. The van der Waals surface area contributed by atoms with E-state index in [1.165, 1.54) is 20.0 Å². The number of carbonyl (C=O) groups is 1. The topological polar surface area (TPSA) is 63.7 Å². The first-order valence-corrected chi connectivity index (χ1v) is 10.4. The van der Waals surface area contributed by atoms with Gasteiger partial charge in [0.25, 0.3) is 5.91 Å². The SMILES string of the molecule is COc1ccc(C(=O)Nc2cccc(-c3csc(N4CCCC4)n3)c2)c(OC)c1. The molecular formula is C22H23N3O3S. The molecule has 0 unspecified atom stereocenters. The molecule has 1 amide bonds. The molecule has 150 valence electrons. The van der Waals surface area contributed by atoms with E-state index in [0.717, 1.165) is 29.5 Å². The molecule has 1 fully saturated rings. The van der Waals surface area contributed by atoms with E-state index in [1.807, 2.05) is 24.3 Å². The second kappa shape index (κ2) is 8.53. The van der Waals surface area contributed by atoms with E-state index < -0.39 is 0 Å². The maximum Gasteiger partial charge on any atom is 0.259 e. The summed E-state index contributed by atoms with van der Waals surface area (Å²) in [4.78, 5) is 19.9. The zero-order valence-electron chi connectivity index (χ0n) is 16.5. The van der Waals surface area contributed by atoms with Crippen molar-refractivity contribution < 1.29 is 14.3 Å². The Hall–Kier alpha value is -3.06.